The molecule has 0 spiro atoms. The second-order valence-corrected chi connectivity index (χ2v) is 5.88. The molecule has 0 saturated heterocycles. The fraction of sp³-hybridized carbons (Fsp3) is 0.389. The van der Waals surface area contributed by atoms with E-state index in [1.165, 1.54) is 0 Å². The molecule has 4 N–H and O–H groups in total. The summed E-state index contributed by atoms with van der Waals surface area (Å²) >= 11 is 0. The van der Waals surface area contributed by atoms with E-state index in [0.29, 0.717) is 18.8 Å². The Hall–Kier alpha value is -2.67. The topological polar surface area (TPSA) is 96.2 Å². The molecular weight excluding hydrogens is 316 g/mol. The molecular formula is C18H26N6O. The maximum atomic E-state index is 12.3. The predicted molar refractivity (Wildman–Crippen MR) is 102 cm³/mol. The average Bonchev–Trinajstić information content (AvgIpc) is 2.61. The molecule has 0 bridgehead atoms. The number of carbonyl (C=O) groups is 1. The fourth-order valence-corrected chi connectivity index (χ4v) is 2.53. The second-order valence-electron chi connectivity index (χ2n) is 5.88. The molecule has 1 aromatic carbocycles. The zero-order chi connectivity index (χ0) is 18.4. The van der Waals surface area contributed by atoms with Crippen molar-refractivity contribution in [1.82, 2.24) is 15.3 Å². The Kier molecular flexibility index (Phi) is 6.30. The van der Waals surface area contributed by atoms with Gasteiger partial charge in [-0.25, -0.2) is 9.97 Å². The largest absolute Gasteiger partial charge is 0.361 e. The van der Waals surface area contributed by atoms with E-state index in [-0.39, 0.29) is 11.6 Å². The lowest BCUT2D eigenvalue weighted by atomic mass is 10.1. The summed E-state index contributed by atoms with van der Waals surface area (Å²) in [6, 6.07) is 7.91. The molecule has 0 atom stereocenters. The third kappa shape index (κ3) is 4.45. The van der Waals surface area contributed by atoms with Gasteiger partial charge in [0.1, 0.15) is 0 Å². The highest BCUT2D eigenvalue weighted by molar-refractivity contribution is 5.97. The van der Waals surface area contributed by atoms with E-state index in [2.05, 4.69) is 20.6 Å². The van der Waals surface area contributed by atoms with Gasteiger partial charge in [0.05, 0.1) is 5.69 Å². The minimum absolute atomic E-state index is 0.270. The minimum atomic E-state index is -0.270. The van der Waals surface area contributed by atoms with Crippen molar-refractivity contribution in [2.75, 3.05) is 37.9 Å². The number of nitrogens with two attached hydrogens (primary N) is 1. The van der Waals surface area contributed by atoms with Gasteiger partial charge < -0.3 is 21.3 Å². The molecule has 1 heterocycles. The fourth-order valence-electron chi connectivity index (χ4n) is 2.53. The quantitative estimate of drug-likeness (QED) is 0.709. The lowest BCUT2D eigenvalue weighted by molar-refractivity contribution is 0.0958. The van der Waals surface area contributed by atoms with E-state index in [9.17, 15) is 4.79 Å². The van der Waals surface area contributed by atoms with Crippen LogP contribution in [0.3, 0.4) is 0 Å². The lowest BCUT2D eigenvalue weighted by Gasteiger charge is -2.19. The summed E-state index contributed by atoms with van der Waals surface area (Å²) in [6.07, 6.45) is 1.48. The van der Waals surface area contributed by atoms with E-state index in [1.54, 1.807) is 7.05 Å². The zero-order valence-electron chi connectivity index (χ0n) is 15.3. The summed E-state index contributed by atoms with van der Waals surface area (Å²) in [4.78, 5) is 23.3. The van der Waals surface area contributed by atoms with Crippen LogP contribution in [0, 0.1) is 0 Å². The Morgan fingerprint density at radius 3 is 2.64 bits per heavy atom. The molecule has 0 aliphatic rings. The van der Waals surface area contributed by atoms with Crippen LogP contribution >= 0.6 is 0 Å². The maximum absolute atomic E-state index is 12.3. The summed E-state index contributed by atoms with van der Waals surface area (Å²) in [5.41, 5.74) is 8.67. The van der Waals surface area contributed by atoms with Crippen LogP contribution in [-0.2, 0) is 12.8 Å². The molecule has 1 aromatic heterocycles. The van der Waals surface area contributed by atoms with Gasteiger partial charge in [-0.15, -0.1) is 0 Å². The summed E-state index contributed by atoms with van der Waals surface area (Å²) in [6.45, 7) is 2.58. The number of amides is 1. The average molecular weight is 342 g/mol. The SMILES string of the molecule is CCc1nc(C(=O)NC)c(Nc2cccc(CCN)c2)nc1N(C)C. The number of hydrogen-bond acceptors (Lipinski definition) is 6. The normalized spacial score (nSPS) is 10.4. The maximum Gasteiger partial charge on any atom is 0.273 e. The van der Waals surface area contributed by atoms with Gasteiger partial charge in [0.2, 0.25) is 0 Å². The van der Waals surface area contributed by atoms with Crippen molar-refractivity contribution in [1.29, 1.82) is 0 Å². The van der Waals surface area contributed by atoms with Crippen LogP contribution in [0.2, 0.25) is 0 Å². The van der Waals surface area contributed by atoms with Crippen LogP contribution in [0.4, 0.5) is 17.3 Å². The predicted octanol–water partition coefficient (Wildman–Crippen LogP) is 1.71. The molecule has 0 aliphatic carbocycles. The lowest BCUT2D eigenvalue weighted by Crippen LogP contribution is -2.24. The van der Waals surface area contributed by atoms with E-state index < -0.39 is 0 Å². The summed E-state index contributed by atoms with van der Waals surface area (Å²) < 4.78 is 0. The number of carbonyl (C=O) groups excluding carboxylic acids is 1. The van der Waals surface area contributed by atoms with Crippen molar-refractivity contribution < 1.29 is 4.79 Å². The van der Waals surface area contributed by atoms with Gasteiger partial charge in [-0.05, 0) is 37.1 Å². The standard InChI is InChI=1S/C18H26N6O/c1-5-14-17(24(3)4)23-16(15(22-14)18(25)20-2)21-13-8-6-7-12(11-13)9-10-19/h6-8,11H,5,9-10,19H2,1-4H3,(H,20,25)(H,21,23). The van der Waals surface area contributed by atoms with Crippen LogP contribution in [0.1, 0.15) is 28.7 Å². The first-order valence-corrected chi connectivity index (χ1v) is 8.36. The summed E-state index contributed by atoms with van der Waals surface area (Å²) in [7, 11) is 5.41. The Bertz CT molecular complexity index is 744. The molecule has 1 amide bonds. The Balaban J connectivity index is 2.48. The first-order chi connectivity index (χ1) is 12.0. The number of aryl methyl sites for hydroxylation is 1. The van der Waals surface area contributed by atoms with Gasteiger partial charge in [0.25, 0.3) is 5.91 Å². The zero-order valence-corrected chi connectivity index (χ0v) is 15.3. The second kappa shape index (κ2) is 8.43. The van der Waals surface area contributed by atoms with Crippen LogP contribution < -0.4 is 21.3 Å². The molecule has 2 aromatic rings. The van der Waals surface area contributed by atoms with Crippen molar-refractivity contribution in [2.24, 2.45) is 5.73 Å². The van der Waals surface area contributed by atoms with Gasteiger partial charge in [0.15, 0.2) is 17.3 Å². The Morgan fingerprint density at radius 2 is 2.04 bits per heavy atom. The first-order valence-electron chi connectivity index (χ1n) is 8.36. The highest BCUT2D eigenvalue weighted by Gasteiger charge is 2.19. The molecule has 0 fully saturated rings. The van der Waals surface area contributed by atoms with Gasteiger partial charge in [-0.2, -0.15) is 0 Å². The van der Waals surface area contributed by atoms with Crippen molar-refractivity contribution in [3.05, 3.63) is 41.2 Å². The van der Waals surface area contributed by atoms with Gasteiger partial charge >= 0.3 is 0 Å². The molecule has 0 aliphatic heterocycles. The van der Waals surface area contributed by atoms with E-state index >= 15 is 0 Å². The van der Waals surface area contributed by atoms with Crippen LogP contribution in [0.25, 0.3) is 0 Å². The van der Waals surface area contributed by atoms with Crippen LogP contribution in [0.5, 0.6) is 0 Å². The third-order valence-electron chi connectivity index (χ3n) is 3.77. The van der Waals surface area contributed by atoms with Crippen LogP contribution in [-0.4, -0.2) is 43.6 Å². The summed E-state index contributed by atoms with van der Waals surface area (Å²) in [5, 5.41) is 5.86. The van der Waals surface area contributed by atoms with Crippen molar-refractivity contribution in [2.45, 2.75) is 19.8 Å². The summed E-state index contributed by atoms with van der Waals surface area (Å²) in [5.74, 6) is 0.911. The number of rotatable bonds is 7. The van der Waals surface area contributed by atoms with Gasteiger partial charge in [0, 0.05) is 26.8 Å². The molecule has 0 saturated carbocycles. The number of anilines is 3. The minimum Gasteiger partial charge on any atom is -0.361 e. The van der Waals surface area contributed by atoms with Gasteiger partial charge in [-0.1, -0.05) is 19.1 Å². The molecule has 134 valence electrons. The van der Waals surface area contributed by atoms with E-state index in [1.807, 2.05) is 50.2 Å². The smallest absolute Gasteiger partial charge is 0.273 e. The Morgan fingerprint density at radius 1 is 1.28 bits per heavy atom. The molecule has 0 radical (unpaired) electrons. The number of aromatic nitrogens is 2. The number of nitrogens with zero attached hydrogens (tertiary/aromatic N) is 3. The van der Waals surface area contributed by atoms with E-state index in [0.717, 1.165) is 29.2 Å². The van der Waals surface area contributed by atoms with Crippen LogP contribution in [0.15, 0.2) is 24.3 Å². The number of hydrogen-bond donors (Lipinski definition) is 3. The molecule has 25 heavy (non-hydrogen) atoms. The number of benzene rings is 1. The number of nitrogens with one attached hydrogen (secondary N) is 2. The van der Waals surface area contributed by atoms with E-state index in [4.69, 9.17) is 5.73 Å². The van der Waals surface area contributed by atoms with Crippen molar-refractivity contribution in [3.8, 4) is 0 Å². The third-order valence-corrected chi connectivity index (χ3v) is 3.77. The monoisotopic (exact) mass is 342 g/mol. The highest BCUT2D eigenvalue weighted by Crippen LogP contribution is 2.24. The first kappa shape index (κ1) is 18.7. The Labute approximate surface area is 148 Å². The molecule has 2 rings (SSSR count). The van der Waals surface area contributed by atoms with Crippen molar-refractivity contribution >= 4 is 23.2 Å². The van der Waals surface area contributed by atoms with Crippen molar-refractivity contribution in [3.63, 3.8) is 0 Å². The molecule has 7 nitrogen and oxygen atoms in total. The molecule has 0 unspecified atom stereocenters. The molecule has 7 heteroatoms. The highest BCUT2D eigenvalue weighted by atomic mass is 16.1. The van der Waals surface area contributed by atoms with Gasteiger partial charge in [-0.3, -0.25) is 4.79 Å².